The third-order valence-corrected chi connectivity index (χ3v) is 4.52. The fraction of sp³-hybridized carbons (Fsp3) is 0.150. The molecule has 1 aromatic carbocycles. The molecule has 0 amide bonds. The monoisotopic (exact) mass is 389 g/mol. The van der Waals surface area contributed by atoms with Crippen LogP contribution >= 0.6 is 12.2 Å². The quantitative estimate of drug-likeness (QED) is 0.403. The Morgan fingerprint density at radius 2 is 2.04 bits per heavy atom. The van der Waals surface area contributed by atoms with Gasteiger partial charge in [-0.1, -0.05) is 37.3 Å². The molecule has 0 saturated carbocycles. The molecule has 0 saturated heterocycles. The lowest BCUT2D eigenvalue weighted by molar-refractivity contribution is 0.689. The Hall–Kier alpha value is -3.39. The van der Waals surface area contributed by atoms with Gasteiger partial charge in [0.05, 0.1) is 12.8 Å². The molecular formula is C20H19N7S. The van der Waals surface area contributed by atoms with Crippen LogP contribution in [0, 0.1) is 4.77 Å². The summed E-state index contributed by atoms with van der Waals surface area (Å²) >= 11 is 5.27. The Kier molecular flexibility index (Phi) is 5.20. The molecule has 8 heteroatoms. The third-order valence-electron chi connectivity index (χ3n) is 4.26. The molecular weight excluding hydrogens is 370 g/mol. The van der Waals surface area contributed by atoms with Crippen molar-refractivity contribution in [2.75, 3.05) is 0 Å². The van der Waals surface area contributed by atoms with E-state index >= 15 is 0 Å². The summed E-state index contributed by atoms with van der Waals surface area (Å²) in [5, 5.41) is 16.3. The van der Waals surface area contributed by atoms with Gasteiger partial charge in [0, 0.05) is 36.1 Å². The molecule has 0 aliphatic rings. The Labute approximate surface area is 167 Å². The van der Waals surface area contributed by atoms with Crippen molar-refractivity contribution in [1.82, 2.24) is 29.6 Å². The molecule has 3 aromatic heterocycles. The van der Waals surface area contributed by atoms with Crippen molar-refractivity contribution in [3.63, 3.8) is 0 Å². The molecule has 7 nitrogen and oxygen atoms in total. The van der Waals surface area contributed by atoms with E-state index in [1.165, 1.54) is 5.56 Å². The van der Waals surface area contributed by atoms with Crippen LogP contribution in [0.25, 0.3) is 11.3 Å². The maximum Gasteiger partial charge on any atom is 0.216 e. The molecule has 0 atom stereocenters. The van der Waals surface area contributed by atoms with Crippen molar-refractivity contribution in [2.45, 2.75) is 19.9 Å². The van der Waals surface area contributed by atoms with Crippen molar-refractivity contribution in [3.8, 4) is 11.3 Å². The van der Waals surface area contributed by atoms with E-state index in [0.717, 1.165) is 29.1 Å². The van der Waals surface area contributed by atoms with Gasteiger partial charge < -0.3 is 0 Å². The summed E-state index contributed by atoms with van der Waals surface area (Å²) < 4.78 is 4.01. The van der Waals surface area contributed by atoms with Gasteiger partial charge in [-0.15, -0.1) is 0 Å². The Morgan fingerprint density at radius 3 is 2.79 bits per heavy atom. The van der Waals surface area contributed by atoms with Gasteiger partial charge in [-0.3, -0.25) is 14.8 Å². The predicted octanol–water partition coefficient (Wildman–Crippen LogP) is 3.69. The summed E-state index contributed by atoms with van der Waals surface area (Å²) in [6.07, 6.45) is 8.02. The van der Waals surface area contributed by atoms with E-state index in [1.54, 1.807) is 23.3 Å². The van der Waals surface area contributed by atoms with E-state index in [2.05, 4.69) is 32.4 Å². The van der Waals surface area contributed by atoms with Crippen molar-refractivity contribution in [2.24, 2.45) is 5.10 Å². The first kappa shape index (κ1) is 18.0. The highest BCUT2D eigenvalue weighted by atomic mass is 32.1. The number of nitrogens with one attached hydrogen (secondary N) is 1. The lowest BCUT2D eigenvalue weighted by atomic mass is 10.1. The molecule has 0 fully saturated rings. The maximum absolute atomic E-state index is 5.27. The van der Waals surface area contributed by atoms with Gasteiger partial charge in [0.1, 0.15) is 5.69 Å². The Balaban J connectivity index is 1.73. The molecule has 0 aliphatic heterocycles. The SMILES string of the molecule is CCc1n[nH]c(=S)n1/N=C\c1cn(Cc2ccccc2)nc1-c1cccnc1. The second kappa shape index (κ2) is 8.10. The minimum atomic E-state index is 0.465. The topological polar surface area (TPSA) is 76.7 Å². The van der Waals surface area contributed by atoms with Gasteiger partial charge in [0.2, 0.25) is 4.77 Å². The third kappa shape index (κ3) is 3.81. The highest BCUT2D eigenvalue weighted by molar-refractivity contribution is 7.71. The first-order valence-corrected chi connectivity index (χ1v) is 9.38. The second-order valence-corrected chi connectivity index (χ2v) is 6.60. The number of aromatic amines is 1. The van der Waals surface area contributed by atoms with Crippen molar-refractivity contribution >= 4 is 18.4 Å². The molecule has 0 bridgehead atoms. The minimum Gasteiger partial charge on any atom is -0.267 e. The van der Waals surface area contributed by atoms with Gasteiger partial charge in [-0.25, -0.2) is 0 Å². The van der Waals surface area contributed by atoms with Crippen LogP contribution in [0.3, 0.4) is 0 Å². The van der Waals surface area contributed by atoms with Gasteiger partial charge in [-0.2, -0.15) is 20.0 Å². The maximum atomic E-state index is 5.27. The van der Waals surface area contributed by atoms with E-state index in [9.17, 15) is 0 Å². The molecule has 140 valence electrons. The van der Waals surface area contributed by atoms with Crippen molar-refractivity contribution in [3.05, 3.63) is 82.8 Å². The fourth-order valence-electron chi connectivity index (χ4n) is 2.90. The Bertz CT molecular complexity index is 1140. The summed E-state index contributed by atoms with van der Waals surface area (Å²) in [6.45, 7) is 2.68. The van der Waals surface area contributed by atoms with Crippen LogP contribution < -0.4 is 0 Å². The Morgan fingerprint density at radius 1 is 1.18 bits per heavy atom. The zero-order valence-corrected chi connectivity index (χ0v) is 16.2. The molecule has 3 heterocycles. The largest absolute Gasteiger partial charge is 0.267 e. The smallest absolute Gasteiger partial charge is 0.216 e. The van der Waals surface area contributed by atoms with E-state index in [-0.39, 0.29) is 0 Å². The van der Waals surface area contributed by atoms with Crippen LogP contribution in [-0.2, 0) is 13.0 Å². The number of H-pyrrole nitrogens is 1. The molecule has 0 unspecified atom stereocenters. The molecule has 0 aliphatic carbocycles. The van der Waals surface area contributed by atoms with Crippen molar-refractivity contribution < 1.29 is 0 Å². The summed E-state index contributed by atoms with van der Waals surface area (Å²) in [7, 11) is 0. The van der Waals surface area contributed by atoms with E-state index in [4.69, 9.17) is 17.3 Å². The zero-order valence-electron chi connectivity index (χ0n) is 15.4. The molecule has 0 radical (unpaired) electrons. The number of rotatable bonds is 6. The number of aromatic nitrogens is 6. The number of benzene rings is 1. The normalized spacial score (nSPS) is 11.3. The fourth-order valence-corrected chi connectivity index (χ4v) is 3.10. The molecule has 28 heavy (non-hydrogen) atoms. The van der Waals surface area contributed by atoms with Gasteiger partial charge in [0.15, 0.2) is 5.82 Å². The number of nitrogens with zero attached hydrogens (tertiary/aromatic N) is 6. The van der Waals surface area contributed by atoms with Crippen LogP contribution in [0.5, 0.6) is 0 Å². The lowest BCUT2D eigenvalue weighted by Gasteiger charge is -2.01. The standard InChI is InChI=1S/C20H19N7S/c1-2-18-23-24-20(28)27(18)22-12-17-14-26(13-15-7-4-3-5-8-15)25-19(17)16-9-6-10-21-11-16/h3-12,14H,2,13H2,1H3,(H,24,28)/b22-12-. The van der Waals surface area contributed by atoms with Crippen LogP contribution in [0.15, 0.2) is 66.2 Å². The van der Waals surface area contributed by atoms with Crippen LogP contribution in [0.4, 0.5) is 0 Å². The van der Waals surface area contributed by atoms with Gasteiger partial charge >= 0.3 is 0 Å². The molecule has 0 spiro atoms. The number of hydrogen-bond donors (Lipinski definition) is 1. The second-order valence-electron chi connectivity index (χ2n) is 6.21. The summed E-state index contributed by atoms with van der Waals surface area (Å²) in [5.74, 6) is 0.779. The minimum absolute atomic E-state index is 0.465. The molecule has 1 N–H and O–H groups in total. The summed E-state index contributed by atoms with van der Waals surface area (Å²) in [4.78, 5) is 4.22. The summed E-state index contributed by atoms with van der Waals surface area (Å²) in [6, 6.07) is 14.1. The van der Waals surface area contributed by atoms with Crippen LogP contribution in [-0.4, -0.2) is 35.9 Å². The van der Waals surface area contributed by atoms with E-state index in [0.29, 0.717) is 11.3 Å². The summed E-state index contributed by atoms with van der Waals surface area (Å²) in [5.41, 5.74) is 3.81. The molecule has 4 rings (SSSR count). The number of aryl methyl sites for hydroxylation is 1. The molecule has 4 aromatic rings. The number of pyridine rings is 1. The predicted molar refractivity (Wildman–Crippen MR) is 111 cm³/mol. The average molecular weight is 389 g/mol. The first-order valence-electron chi connectivity index (χ1n) is 8.97. The van der Waals surface area contributed by atoms with Crippen molar-refractivity contribution in [1.29, 1.82) is 0 Å². The van der Waals surface area contributed by atoms with Crippen LogP contribution in [0.1, 0.15) is 23.9 Å². The lowest BCUT2D eigenvalue weighted by Crippen LogP contribution is -2.00. The van der Waals surface area contributed by atoms with E-state index < -0.39 is 0 Å². The first-order chi connectivity index (χ1) is 13.7. The van der Waals surface area contributed by atoms with E-state index in [1.807, 2.05) is 48.1 Å². The van der Waals surface area contributed by atoms with Gasteiger partial charge in [-0.05, 0) is 29.9 Å². The van der Waals surface area contributed by atoms with Crippen LogP contribution in [0.2, 0.25) is 0 Å². The van der Waals surface area contributed by atoms with Gasteiger partial charge in [0.25, 0.3) is 0 Å². The zero-order chi connectivity index (χ0) is 19.3. The average Bonchev–Trinajstić information content (AvgIpc) is 3.30. The number of hydrogen-bond acceptors (Lipinski definition) is 5. The highest BCUT2D eigenvalue weighted by Gasteiger charge is 2.11. The highest BCUT2D eigenvalue weighted by Crippen LogP contribution is 2.20.